The van der Waals surface area contributed by atoms with Gasteiger partial charge in [0.25, 0.3) is 0 Å². The summed E-state index contributed by atoms with van der Waals surface area (Å²) in [6.45, 7) is 5.37. The van der Waals surface area contributed by atoms with E-state index in [1.54, 1.807) is 6.08 Å². The molecule has 1 aliphatic heterocycles. The third kappa shape index (κ3) is 3.91. The lowest BCUT2D eigenvalue weighted by Crippen LogP contribution is -2.33. The predicted molar refractivity (Wildman–Crippen MR) is 75.7 cm³/mol. The van der Waals surface area contributed by atoms with E-state index in [2.05, 4.69) is 16.9 Å². The highest BCUT2D eigenvalue weighted by molar-refractivity contribution is 5.77. The number of hydrogen-bond donors (Lipinski definition) is 2. The number of guanidine groups is 1. The first-order valence-electron chi connectivity index (χ1n) is 6.33. The van der Waals surface area contributed by atoms with Crippen molar-refractivity contribution in [2.45, 2.75) is 12.5 Å². The standard InChI is InChI=1S/C14H19N3O2/c1-2-8-16-14(15)17-9-7-11-10-18-12-5-3-4-6-13(12)19-11/h2-6,11H,1,7-10H2,(H3,15,16,17). The fourth-order valence-electron chi connectivity index (χ4n) is 1.77. The van der Waals surface area contributed by atoms with Crippen LogP contribution in [0.15, 0.2) is 41.9 Å². The van der Waals surface area contributed by atoms with Gasteiger partial charge in [-0.05, 0) is 12.1 Å². The summed E-state index contributed by atoms with van der Waals surface area (Å²) in [5.41, 5.74) is 5.67. The first-order valence-corrected chi connectivity index (χ1v) is 6.33. The van der Waals surface area contributed by atoms with Crippen molar-refractivity contribution in [3.05, 3.63) is 36.9 Å². The number of nitrogens with zero attached hydrogens (tertiary/aromatic N) is 1. The van der Waals surface area contributed by atoms with E-state index in [9.17, 15) is 0 Å². The Morgan fingerprint density at radius 2 is 2.26 bits per heavy atom. The molecule has 0 radical (unpaired) electrons. The predicted octanol–water partition coefficient (Wildman–Crippen LogP) is 1.31. The molecule has 0 fully saturated rings. The molecule has 0 aliphatic carbocycles. The van der Waals surface area contributed by atoms with Crippen molar-refractivity contribution in [3.8, 4) is 11.5 Å². The van der Waals surface area contributed by atoms with Gasteiger partial charge in [0.1, 0.15) is 12.7 Å². The highest BCUT2D eigenvalue weighted by atomic mass is 16.6. The molecule has 1 unspecified atom stereocenters. The normalized spacial score (nSPS) is 17.9. The van der Waals surface area contributed by atoms with Crippen molar-refractivity contribution in [3.63, 3.8) is 0 Å². The summed E-state index contributed by atoms with van der Waals surface area (Å²) in [4.78, 5) is 4.21. The zero-order valence-electron chi connectivity index (χ0n) is 10.8. The van der Waals surface area contributed by atoms with Crippen LogP contribution < -0.4 is 20.5 Å². The van der Waals surface area contributed by atoms with Gasteiger partial charge >= 0.3 is 0 Å². The maximum atomic E-state index is 5.82. The average molecular weight is 261 g/mol. The molecular formula is C14H19N3O2. The second-order valence-corrected chi connectivity index (χ2v) is 4.22. The number of hydrogen-bond acceptors (Lipinski definition) is 3. The molecule has 1 aromatic carbocycles. The second kappa shape index (κ2) is 6.68. The summed E-state index contributed by atoms with van der Waals surface area (Å²) in [7, 11) is 0. The summed E-state index contributed by atoms with van der Waals surface area (Å²) in [5, 5.41) is 2.92. The maximum absolute atomic E-state index is 5.82. The number of fused-ring (bicyclic) bond motifs is 1. The molecule has 1 aromatic rings. The zero-order valence-corrected chi connectivity index (χ0v) is 10.8. The number of rotatable bonds is 5. The summed E-state index contributed by atoms with van der Waals surface area (Å²) < 4.78 is 11.4. The van der Waals surface area contributed by atoms with Crippen LogP contribution in [0.4, 0.5) is 0 Å². The molecule has 0 aromatic heterocycles. The van der Waals surface area contributed by atoms with Crippen LogP contribution in [0.25, 0.3) is 0 Å². The van der Waals surface area contributed by atoms with Gasteiger partial charge in [0.2, 0.25) is 0 Å². The molecule has 0 saturated heterocycles. The van der Waals surface area contributed by atoms with Crippen LogP contribution >= 0.6 is 0 Å². The van der Waals surface area contributed by atoms with Crippen molar-refractivity contribution in [1.29, 1.82) is 0 Å². The first-order chi connectivity index (χ1) is 9.29. The number of benzene rings is 1. The summed E-state index contributed by atoms with van der Waals surface area (Å²) in [5.74, 6) is 2.02. The van der Waals surface area contributed by atoms with E-state index in [-0.39, 0.29) is 6.10 Å². The van der Waals surface area contributed by atoms with Crippen molar-refractivity contribution in [2.75, 3.05) is 19.7 Å². The molecule has 0 bridgehead atoms. The Labute approximate surface area is 113 Å². The molecule has 0 spiro atoms. The van der Waals surface area contributed by atoms with E-state index < -0.39 is 0 Å². The molecule has 5 nitrogen and oxygen atoms in total. The number of ether oxygens (including phenoxy) is 2. The number of nitrogens with one attached hydrogen (secondary N) is 1. The van der Waals surface area contributed by atoms with Gasteiger partial charge in [0, 0.05) is 19.5 Å². The van der Waals surface area contributed by atoms with Gasteiger partial charge in [-0.3, -0.25) is 4.99 Å². The van der Waals surface area contributed by atoms with Crippen LogP contribution in [-0.2, 0) is 0 Å². The van der Waals surface area contributed by atoms with Gasteiger partial charge in [0.05, 0.1) is 0 Å². The largest absolute Gasteiger partial charge is 0.486 e. The third-order valence-electron chi connectivity index (χ3n) is 2.73. The Morgan fingerprint density at radius 3 is 3.05 bits per heavy atom. The molecule has 102 valence electrons. The van der Waals surface area contributed by atoms with E-state index in [0.717, 1.165) is 17.9 Å². The van der Waals surface area contributed by atoms with Crippen LogP contribution in [0.1, 0.15) is 6.42 Å². The molecule has 5 heteroatoms. The lowest BCUT2D eigenvalue weighted by Gasteiger charge is -2.25. The van der Waals surface area contributed by atoms with E-state index in [1.807, 2.05) is 24.3 Å². The second-order valence-electron chi connectivity index (χ2n) is 4.22. The fourth-order valence-corrected chi connectivity index (χ4v) is 1.77. The highest BCUT2D eigenvalue weighted by Gasteiger charge is 2.19. The lowest BCUT2D eigenvalue weighted by molar-refractivity contribution is 0.0867. The summed E-state index contributed by atoms with van der Waals surface area (Å²) >= 11 is 0. The van der Waals surface area contributed by atoms with E-state index in [4.69, 9.17) is 15.2 Å². The van der Waals surface area contributed by atoms with Gasteiger partial charge in [0.15, 0.2) is 17.5 Å². The van der Waals surface area contributed by atoms with Crippen molar-refractivity contribution in [2.24, 2.45) is 10.7 Å². The van der Waals surface area contributed by atoms with Gasteiger partial charge < -0.3 is 20.5 Å². The quantitative estimate of drug-likeness (QED) is 0.476. The SMILES string of the molecule is C=CCNC(N)=NCCC1COc2ccccc2O1. The molecule has 0 amide bonds. The van der Waals surface area contributed by atoms with Crippen molar-refractivity contribution < 1.29 is 9.47 Å². The first kappa shape index (κ1) is 13.3. The zero-order chi connectivity index (χ0) is 13.5. The Hall–Kier alpha value is -2.17. The third-order valence-corrected chi connectivity index (χ3v) is 2.73. The minimum Gasteiger partial charge on any atom is -0.486 e. The van der Waals surface area contributed by atoms with E-state index in [0.29, 0.717) is 25.7 Å². The van der Waals surface area contributed by atoms with Crippen molar-refractivity contribution in [1.82, 2.24) is 5.32 Å². The van der Waals surface area contributed by atoms with Crippen LogP contribution in [0.3, 0.4) is 0 Å². The Bertz CT molecular complexity index is 460. The van der Waals surface area contributed by atoms with Gasteiger partial charge in [-0.25, -0.2) is 0 Å². The Kier molecular flexibility index (Phi) is 4.66. The number of para-hydroxylation sites is 2. The monoisotopic (exact) mass is 261 g/mol. The smallest absolute Gasteiger partial charge is 0.188 e. The topological polar surface area (TPSA) is 68.9 Å². The van der Waals surface area contributed by atoms with Gasteiger partial charge in [-0.1, -0.05) is 18.2 Å². The Balaban J connectivity index is 1.78. The van der Waals surface area contributed by atoms with Crippen LogP contribution in [0.5, 0.6) is 11.5 Å². The molecule has 1 atom stereocenters. The van der Waals surface area contributed by atoms with E-state index in [1.165, 1.54) is 0 Å². The number of aliphatic imine (C=N–C) groups is 1. The van der Waals surface area contributed by atoms with Gasteiger partial charge in [-0.15, -0.1) is 6.58 Å². The molecule has 3 N–H and O–H groups in total. The summed E-state index contributed by atoms with van der Waals surface area (Å²) in [6.07, 6.45) is 2.52. The minimum atomic E-state index is 0.0193. The molecule has 19 heavy (non-hydrogen) atoms. The Morgan fingerprint density at radius 1 is 1.47 bits per heavy atom. The minimum absolute atomic E-state index is 0.0193. The average Bonchev–Trinajstić information content (AvgIpc) is 2.45. The maximum Gasteiger partial charge on any atom is 0.188 e. The number of nitrogens with two attached hydrogens (primary N) is 1. The van der Waals surface area contributed by atoms with Gasteiger partial charge in [-0.2, -0.15) is 0 Å². The molecule has 1 aliphatic rings. The van der Waals surface area contributed by atoms with E-state index >= 15 is 0 Å². The molecule has 1 heterocycles. The fraction of sp³-hybridized carbons (Fsp3) is 0.357. The van der Waals surface area contributed by atoms with Crippen LogP contribution in [0, 0.1) is 0 Å². The van der Waals surface area contributed by atoms with Crippen molar-refractivity contribution >= 4 is 5.96 Å². The molecular weight excluding hydrogens is 242 g/mol. The molecule has 0 saturated carbocycles. The molecule has 2 rings (SSSR count). The highest BCUT2D eigenvalue weighted by Crippen LogP contribution is 2.31. The lowest BCUT2D eigenvalue weighted by atomic mass is 10.2. The summed E-state index contributed by atoms with van der Waals surface area (Å²) in [6, 6.07) is 7.67. The van der Waals surface area contributed by atoms with Crippen LogP contribution in [-0.4, -0.2) is 31.8 Å². The van der Waals surface area contributed by atoms with Crippen LogP contribution in [0.2, 0.25) is 0 Å².